The third-order valence-corrected chi connectivity index (χ3v) is 5.84. The van der Waals surface area contributed by atoms with Crippen LogP contribution in [0.25, 0.3) is 0 Å². The normalized spacial score (nSPS) is 11.2. The van der Waals surface area contributed by atoms with Crippen LogP contribution in [0.1, 0.15) is 25.3 Å². The first-order valence-corrected chi connectivity index (χ1v) is 11.1. The molecule has 0 unspecified atom stereocenters. The SMILES string of the molecule is CC(C)c1ccccc1OCC(=O)Nc1ccc(S(=O)(=O)Nc2ccc(F)cc2)cc1. The van der Waals surface area contributed by atoms with Crippen molar-refractivity contribution in [2.75, 3.05) is 16.6 Å². The summed E-state index contributed by atoms with van der Waals surface area (Å²) in [5.41, 5.74) is 1.70. The quantitative estimate of drug-likeness (QED) is 0.526. The Morgan fingerprint density at radius 3 is 2.19 bits per heavy atom. The fraction of sp³-hybridized carbons (Fsp3) is 0.174. The molecule has 0 aromatic heterocycles. The van der Waals surface area contributed by atoms with Gasteiger partial charge in [0.05, 0.1) is 4.90 Å². The Kier molecular flexibility index (Phi) is 6.91. The van der Waals surface area contributed by atoms with Crippen LogP contribution in [0.5, 0.6) is 5.75 Å². The minimum Gasteiger partial charge on any atom is -0.483 e. The molecule has 0 saturated heterocycles. The number of benzene rings is 3. The van der Waals surface area contributed by atoms with Gasteiger partial charge >= 0.3 is 0 Å². The van der Waals surface area contributed by atoms with Gasteiger partial charge < -0.3 is 10.1 Å². The van der Waals surface area contributed by atoms with E-state index in [4.69, 9.17) is 4.74 Å². The van der Waals surface area contributed by atoms with E-state index < -0.39 is 15.8 Å². The monoisotopic (exact) mass is 442 g/mol. The number of sulfonamides is 1. The highest BCUT2D eigenvalue weighted by Gasteiger charge is 2.15. The molecule has 2 N–H and O–H groups in total. The second-order valence-electron chi connectivity index (χ2n) is 7.17. The van der Waals surface area contributed by atoms with Crippen LogP contribution < -0.4 is 14.8 Å². The van der Waals surface area contributed by atoms with Crippen molar-refractivity contribution >= 4 is 27.3 Å². The van der Waals surface area contributed by atoms with Crippen LogP contribution in [0.2, 0.25) is 0 Å². The molecule has 0 fully saturated rings. The molecule has 1 amide bonds. The van der Waals surface area contributed by atoms with Crippen LogP contribution in [0.4, 0.5) is 15.8 Å². The average molecular weight is 443 g/mol. The zero-order valence-electron chi connectivity index (χ0n) is 17.1. The molecule has 0 saturated carbocycles. The van der Waals surface area contributed by atoms with E-state index in [9.17, 15) is 17.6 Å². The predicted molar refractivity (Wildman–Crippen MR) is 118 cm³/mol. The Labute approximate surface area is 181 Å². The van der Waals surface area contributed by atoms with Crippen LogP contribution >= 0.6 is 0 Å². The molecule has 0 spiro atoms. The molecular weight excluding hydrogens is 419 g/mol. The first-order valence-electron chi connectivity index (χ1n) is 9.64. The topological polar surface area (TPSA) is 84.5 Å². The number of para-hydroxylation sites is 1. The number of carbonyl (C=O) groups is 1. The summed E-state index contributed by atoms with van der Waals surface area (Å²) in [6.45, 7) is 3.92. The molecule has 3 rings (SSSR count). The molecule has 8 heteroatoms. The lowest BCUT2D eigenvalue weighted by Crippen LogP contribution is -2.20. The van der Waals surface area contributed by atoms with Gasteiger partial charge in [0.25, 0.3) is 15.9 Å². The Balaban J connectivity index is 1.60. The van der Waals surface area contributed by atoms with Crippen molar-refractivity contribution in [2.24, 2.45) is 0 Å². The molecule has 0 heterocycles. The molecule has 0 aliphatic heterocycles. The van der Waals surface area contributed by atoms with Gasteiger partial charge in [-0.05, 0) is 66.1 Å². The number of hydrogen-bond donors (Lipinski definition) is 2. The van der Waals surface area contributed by atoms with Crippen LogP contribution in [-0.2, 0) is 14.8 Å². The first kappa shape index (κ1) is 22.3. The van der Waals surface area contributed by atoms with Crippen LogP contribution in [0, 0.1) is 5.82 Å². The fourth-order valence-corrected chi connectivity index (χ4v) is 3.94. The number of amides is 1. The zero-order chi connectivity index (χ0) is 22.4. The molecule has 0 aliphatic rings. The maximum absolute atomic E-state index is 13.0. The summed E-state index contributed by atoms with van der Waals surface area (Å²) in [4.78, 5) is 12.2. The van der Waals surface area contributed by atoms with E-state index in [-0.39, 0.29) is 29.0 Å². The van der Waals surface area contributed by atoms with Gasteiger partial charge in [-0.1, -0.05) is 32.0 Å². The zero-order valence-corrected chi connectivity index (χ0v) is 17.9. The molecule has 0 radical (unpaired) electrons. The van der Waals surface area contributed by atoms with Gasteiger partial charge in [0.1, 0.15) is 11.6 Å². The van der Waals surface area contributed by atoms with E-state index in [0.29, 0.717) is 11.4 Å². The highest BCUT2D eigenvalue weighted by atomic mass is 32.2. The molecule has 0 atom stereocenters. The summed E-state index contributed by atoms with van der Waals surface area (Å²) < 4.78 is 45.9. The lowest BCUT2D eigenvalue weighted by molar-refractivity contribution is -0.118. The summed E-state index contributed by atoms with van der Waals surface area (Å²) >= 11 is 0. The van der Waals surface area contributed by atoms with Gasteiger partial charge in [0, 0.05) is 11.4 Å². The number of rotatable bonds is 8. The number of anilines is 2. The van der Waals surface area contributed by atoms with Crippen molar-refractivity contribution < 1.29 is 22.3 Å². The Morgan fingerprint density at radius 1 is 0.935 bits per heavy atom. The van der Waals surface area contributed by atoms with Gasteiger partial charge in [-0.2, -0.15) is 0 Å². The number of carbonyl (C=O) groups excluding carboxylic acids is 1. The van der Waals surface area contributed by atoms with Gasteiger partial charge in [0.15, 0.2) is 6.61 Å². The van der Waals surface area contributed by atoms with Crippen LogP contribution in [-0.4, -0.2) is 20.9 Å². The molecule has 0 aliphatic carbocycles. The lowest BCUT2D eigenvalue weighted by Gasteiger charge is -2.14. The summed E-state index contributed by atoms with van der Waals surface area (Å²) in [6, 6.07) is 18.2. The van der Waals surface area contributed by atoms with Crippen LogP contribution in [0.3, 0.4) is 0 Å². The second kappa shape index (κ2) is 9.61. The van der Waals surface area contributed by atoms with Gasteiger partial charge in [-0.25, -0.2) is 12.8 Å². The highest BCUT2D eigenvalue weighted by Crippen LogP contribution is 2.26. The highest BCUT2D eigenvalue weighted by molar-refractivity contribution is 7.92. The molecule has 162 valence electrons. The van der Waals surface area contributed by atoms with E-state index >= 15 is 0 Å². The van der Waals surface area contributed by atoms with Crippen molar-refractivity contribution in [1.82, 2.24) is 0 Å². The van der Waals surface area contributed by atoms with Gasteiger partial charge in [0.2, 0.25) is 0 Å². The number of hydrogen-bond acceptors (Lipinski definition) is 4. The molecule has 31 heavy (non-hydrogen) atoms. The smallest absolute Gasteiger partial charge is 0.262 e. The molecule has 0 bridgehead atoms. The summed E-state index contributed by atoms with van der Waals surface area (Å²) in [5.74, 6) is 0.0940. The maximum Gasteiger partial charge on any atom is 0.262 e. The predicted octanol–water partition coefficient (Wildman–Crippen LogP) is 4.77. The van der Waals surface area contributed by atoms with Crippen molar-refractivity contribution in [3.05, 3.63) is 84.2 Å². The van der Waals surface area contributed by atoms with E-state index in [1.54, 1.807) is 0 Å². The summed E-state index contributed by atoms with van der Waals surface area (Å²) in [7, 11) is -3.84. The fourth-order valence-electron chi connectivity index (χ4n) is 2.88. The number of ether oxygens (including phenoxy) is 1. The lowest BCUT2D eigenvalue weighted by atomic mass is 10.0. The first-order chi connectivity index (χ1) is 14.7. The van der Waals surface area contributed by atoms with Gasteiger partial charge in [-0.15, -0.1) is 0 Å². The van der Waals surface area contributed by atoms with Crippen molar-refractivity contribution in [1.29, 1.82) is 0 Å². The minimum atomic E-state index is -3.84. The third-order valence-electron chi connectivity index (χ3n) is 4.44. The van der Waals surface area contributed by atoms with E-state index in [1.807, 2.05) is 38.1 Å². The summed E-state index contributed by atoms with van der Waals surface area (Å²) in [5, 5.41) is 2.67. The van der Waals surface area contributed by atoms with Crippen molar-refractivity contribution in [2.45, 2.75) is 24.7 Å². The van der Waals surface area contributed by atoms with E-state index in [0.717, 1.165) is 17.7 Å². The Morgan fingerprint density at radius 2 is 1.55 bits per heavy atom. The number of halogens is 1. The van der Waals surface area contributed by atoms with Crippen molar-refractivity contribution in [3.63, 3.8) is 0 Å². The summed E-state index contributed by atoms with van der Waals surface area (Å²) in [6.07, 6.45) is 0. The maximum atomic E-state index is 13.0. The molecule has 3 aromatic rings. The van der Waals surface area contributed by atoms with E-state index in [1.165, 1.54) is 36.4 Å². The van der Waals surface area contributed by atoms with Crippen molar-refractivity contribution in [3.8, 4) is 5.75 Å². The molecule has 3 aromatic carbocycles. The Bertz CT molecular complexity index is 1140. The number of nitrogens with one attached hydrogen (secondary N) is 2. The largest absolute Gasteiger partial charge is 0.483 e. The standard InChI is InChI=1S/C23H23FN2O4S/c1-16(2)21-5-3-4-6-22(21)30-15-23(27)25-18-11-13-20(14-12-18)31(28,29)26-19-9-7-17(24)8-10-19/h3-14,16,26H,15H2,1-2H3,(H,25,27). The average Bonchev–Trinajstić information content (AvgIpc) is 2.74. The van der Waals surface area contributed by atoms with Crippen LogP contribution in [0.15, 0.2) is 77.7 Å². The minimum absolute atomic E-state index is 0.0111. The van der Waals surface area contributed by atoms with Gasteiger partial charge in [-0.3, -0.25) is 9.52 Å². The molecule has 6 nitrogen and oxygen atoms in total. The Hall–Kier alpha value is -3.39. The van der Waals surface area contributed by atoms with E-state index in [2.05, 4.69) is 10.0 Å². The molecular formula is C23H23FN2O4S. The third kappa shape index (κ3) is 6.05. The second-order valence-corrected chi connectivity index (χ2v) is 8.85.